The molecule has 3 rings (SSSR count). The first-order valence-electron chi connectivity index (χ1n) is 7.95. The standard InChI is InChI=1S/C21H17ClO3/c1-2-25-21(24)15-7-5-6-14(12-15)17-8-3-4-9-18(17)19-13-16(22)10-11-20(19)23/h3-13,23H,2H2,1H3. The number of phenolic OH excluding ortho intramolecular Hbond substituents is 1. The Morgan fingerprint density at radius 3 is 2.48 bits per heavy atom. The van der Waals surface area contributed by atoms with Crippen LogP contribution in [0.3, 0.4) is 0 Å². The van der Waals surface area contributed by atoms with Crippen LogP contribution in [0.1, 0.15) is 17.3 Å². The lowest BCUT2D eigenvalue weighted by Crippen LogP contribution is -2.04. The Morgan fingerprint density at radius 1 is 0.960 bits per heavy atom. The van der Waals surface area contributed by atoms with Crippen LogP contribution in [-0.2, 0) is 4.74 Å². The Kier molecular flexibility index (Phi) is 5.05. The summed E-state index contributed by atoms with van der Waals surface area (Å²) < 4.78 is 5.07. The van der Waals surface area contributed by atoms with Crippen LogP contribution in [0.15, 0.2) is 66.7 Å². The number of carbonyl (C=O) groups is 1. The van der Waals surface area contributed by atoms with Crippen molar-refractivity contribution in [1.82, 2.24) is 0 Å². The largest absolute Gasteiger partial charge is 0.507 e. The van der Waals surface area contributed by atoms with Crippen LogP contribution in [0, 0.1) is 0 Å². The van der Waals surface area contributed by atoms with E-state index in [1.54, 1.807) is 37.3 Å². The van der Waals surface area contributed by atoms with E-state index in [9.17, 15) is 9.90 Å². The smallest absolute Gasteiger partial charge is 0.338 e. The van der Waals surface area contributed by atoms with Gasteiger partial charge in [0.25, 0.3) is 0 Å². The minimum Gasteiger partial charge on any atom is -0.507 e. The van der Waals surface area contributed by atoms with E-state index in [0.717, 1.165) is 16.7 Å². The van der Waals surface area contributed by atoms with Gasteiger partial charge < -0.3 is 9.84 Å². The number of benzene rings is 3. The summed E-state index contributed by atoms with van der Waals surface area (Å²) in [4.78, 5) is 12.0. The molecule has 0 aliphatic heterocycles. The van der Waals surface area contributed by atoms with Crippen LogP contribution in [0.4, 0.5) is 0 Å². The predicted octanol–water partition coefficient (Wildman–Crippen LogP) is 5.56. The van der Waals surface area contributed by atoms with E-state index in [1.165, 1.54) is 0 Å². The van der Waals surface area contributed by atoms with E-state index >= 15 is 0 Å². The van der Waals surface area contributed by atoms with Crippen LogP contribution < -0.4 is 0 Å². The fourth-order valence-corrected chi connectivity index (χ4v) is 2.89. The van der Waals surface area contributed by atoms with Crippen molar-refractivity contribution in [2.75, 3.05) is 6.61 Å². The molecule has 0 aliphatic carbocycles. The average molecular weight is 353 g/mol. The van der Waals surface area contributed by atoms with Gasteiger partial charge in [0.2, 0.25) is 0 Å². The molecule has 3 aromatic carbocycles. The molecular weight excluding hydrogens is 336 g/mol. The second kappa shape index (κ2) is 7.41. The maximum Gasteiger partial charge on any atom is 0.338 e. The molecule has 0 aromatic heterocycles. The number of halogens is 1. The third kappa shape index (κ3) is 3.67. The fourth-order valence-electron chi connectivity index (χ4n) is 2.72. The summed E-state index contributed by atoms with van der Waals surface area (Å²) in [7, 11) is 0. The molecular formula is C21H17ClO3. The molecule has 0 aliphatic rings. The summed E-state index contributed by atoms with van der Waals surface area (Å²) in [6.07, 6.45) is 0. The minimum atomic E-state index is -0.354. The molecule has 0 bridgehead atoms. The van der Waals surface area contributed by atoms with E-state index in [1.807, 2.05) is 36.4 Å². The lowest BCUT2D eigenvalue weighted by molar-refractivity contribution is 0.0526. The first kappa shape index (κ1) is 17.1. The maximum atomic E-state index is 12.0. The first-order valence-corrected chi connectivity index (χ1v) is 8.33. The van der Waals surface area contributed by atoms with Crippen molar-refractivity contribution in [3.63, 3.8) is 0 Å². The zero-order chi connectivity index (χ0) is 17.8. The molecule has 25 heavy (non-hydrogen) atoms. The van der Waals surface area contributed by atoms with Gasteiger partial charge in [-0.2, -0.15) is 0 Å². The SMILES string of the molecule is CCOC(=O)c1cccc(-c2ccccc2-c2cc(Cl)ccc2O)c1. The van der Waals surface area contributed by atoms with Gasteiger partial charge in [-0.15, -0.1) is 0 Å². The van der Waals surface area contributed by atoms with E-state index in [-0.39, 0.29) is 11.7 Å². The second-order valence-corrected chi connectivity index (χ2v) is 5.94. The molecule has 0 spiro atoms. The van der Waals surface area contributed by atoms with Gasteiger partial charge >= 0.3 is 5.97 Å². The van der Waals surface area contributed by atoms with E-state index in [0.29, 0.717) is 22.8 Å². The van der Waals surface area contributed by atoms with Gasteiger partial charge in [-0.25, -0.2) is 4.79 Å². The van der Waals surface area contributed by atoms with Gasteiger partial charge in [0, 0.05) is 10.6 Å². The second-order valence-electron chi connectivity index (χ2n) is 5.51. The number of phenols is 1. The van der Waals surface area contributed by atoms with Crippen LogP contribution >= 0.6 is 11.6 Å². The van der Waals surface area contributed by atoms with Crippen LogP contribution in [0.25, 0.3) is 22.3 Å². The summed E-state index contributed by atoms with van der Waals surface area (Å²) >= 11 is 6.09. The first-order chi connectivity index (χ1) is 12.1. The highest BCUT2D eigenvalue weighted by atomic mass is 35.5. The van der Waals surface area contributed by atoms with Crippen molar-refractivity contribution in [3.8, 4) is 28.0 Å². The summed E-state index contributed by atoms with van der Waals surface area (Å²) in [5.41, 5.74) is 3.73. The van der Waals surface area contributed by atoms with Crippen LogP contribution in [0.5, 0.6) is 5.75 Å². The molecule has 0 amide bonds. The van der Waals surface area contributed by atoms with Gasteiger partial charge in [-0.05, 0) is 53.9 Å². The van der Waals surface area contributed by atoms with Gasteiger partial charge in [0.15, 0.2) is 0 Å². The number of hydrogen-bond acceptors (Lipinski definition) is 3. The molecule has 3 aromatic rings. The average Bonchev–Trinajstić information content (AvgIpc) is 2.64. The molecule has 0 unspecified atom stereocenters. The molecule has 0 saturated carbocycles. The lowest BCUT2D eigenvalue weighted by atomic mass is 9.93. The predicted molar refractivity (Wildman–Crippen MR) is 99.9 cm³/mol. The quantitative estimate of drug-likeness (QED) is 0.625. The molecule has 0 radical (unpaired) electrons. The summed E-state index contributed by atoms with van der Waals surface area (Å²) in [5, 5.41) is 10.8. The Morgan fingerprint density at radius 2 is 1.72 bits per heavy atom. The summed E-state index contributed by atoms with van der Waals surface area (Å²) in [6, 6.07) is 19.9. The highest BCUT2D eigenvalue weighted by Crippen LogP contribution is 2.38. The van der Waals surface area contributed by atoms with Gasteiger partial charge in [-0.3, -0.25) is 0 Å². The molecule has 4 heteroatoms. The van der Waals surface area contributed by atoms with Crippen molar-refractivity contribution in [2.24, 2.45) is 0 Å². The van der Waals surface area contributed by atoms with Crippen molar-refractivity contribution >= 4 is 17.6 Å². The zero-order valence-corrected chi connectivity index (χ0v) is 14.5. The highest BCUT2D eigenvalue weighted by Gasteiger charge is 2.13. The van der Waals surface area contributed by atoms with E-state index in [4.69, 9.17) is 16.3 Å². The molecule has 1 N–H and O–H groups in total. The zero-order valence-electron chi connectivity index (χ0n) is 13.7. The molecule has 3 nitrogen and oxygen atoms in total. The molecule has 126 valence electrons. The fraction of sp³-hybridized carbons (Fsp3) is 0.0952. The Hall–Kier alpha value is -2.78. The van der Waals surface area contributed by atoms with Gasteiger partial charge in [-0.1, -0.05) is 48.0 Å². The number of carbonyl (C=O) groups excluding carboxylic acids is 1. The molecule has 0 atom stereocenters. The number of aromatic hydroxyl groups is 1. The number of ether oxygens (including phenoxy) is 1. The lowest BCUT2D eigenvalue weighted by Gasteiger charge is -2.13. The monoisotopic (exact) mass is 352 g/mol. The third-order valence-electron chi connectivity index (χ3n) is 3.86. The van der Waals surface area contributed by atoms with Crippen LogP contribution in [0.2, 0.25) is 5.02 Å². The third-order valence-corrected chi connectivity index (χ3v) is 4.10. The van der Waals surface area contributed by atoms with Crippen molar-refractivity contribution in [1.29, 1.82) is 0 Å². The molecule has 0 fully saturated rings. The number of rotatable bonds is 4. The maximum absolute atomic E-state index is 12.0. The van der Waals surface area contributed by atoms with Crippen LogP contribution in [-0.4, -0.2) is 17.7 Å². The molecule has 0 saturated heterocycles. The van der Waals surface area contributed by atoms with Gasteiger partial charge in [0.1, 0.15) is 5.75 Å². The Bertz CT molecular complexity index is 919. The summed E-state index contributed by atoms with van der Waals surface area (Å²) in [5.74, 6) is -0.203. The number of esters is 1. The molecule has 0 heterocycles. The Balaban J connectivity index is 2.12. The topological polar surface area (TPSA) is 46.5 Å². The van der Waals surface area contributed by atoms with E-state index in [2.05, 4.69) is 0 Å². The minimum absolute atomic E-state index is 0.151. The summed E-state index contributed by atoms with van der Waals surface area (Å²) in [6.45, 7) is 2.11. The highest BCUT2D eigenvalue weighted by molar-refractivity contribution is 6.31. The number of hydrogen-bond donors (Lipinski definition) is 1. The van der Waals surface area contributed by atoms with Gasteiger partial charge in [0.05, 0.1) is 12.2 Å². The van der Waals surface area contributed by atoms with Crippen molar-refractivity contribution < 1.29 is 14.6 Å². The normalized spacial score (nSPS) is 10.5. The van der Waals surface area contributed by atoms with E-state index < -0.39 is 0 Å². The Labute approximate surface area is 151 Å². The van der Waals surface area contributed by atoms with Crippen molar-refractivity contribution in [2.45, 2.75) is 6.92 Å². The van der Waals surface area contributed by atoms with Crippen molar-refractivity contribution in [3.05, 3.63) is 77.3 Å².